The lowest BCUT2D eigenvalue weighted by molar-refractivity contribution is -0.763. The summed E-state index contributed by atoms with van der Waals surface area (Å²) in [7, 11) is 0. The standard InChI is InChI=1S/C17H13NO9/c1-10(19)26-14-5-3-2-4-12(14)17(22)27-15-7-6-11(9-25-18(23)24)8-13(15)16(20)21/h2-8H,9H2,1H3,(H,20,21). The minimum absolute atomic E-state index is 0.0390. The molecule has 2 rings (SSSR count). The van der Waals surface area contributed by atoms with Gasteiger partial charge in [-0.2, -0.15) is 0 Å². The Morgan fingerprint density at radius 2 is 1.70 bits per heavy atom. The fraction of sp³-hybridized carbons (Fsp3) is 0.118. The molecule has 27 heavy (non-hydrogen) atoms. The molecule has 10 heteroatoms. The van der Waals surface area contributed by atoms with E-state index in [4.69, 9.17) is 9.47 Å². The minimum Gasteiger partial charge on any atom is -0.478 e. The Hall–Kier alpha value is -3.95. The van der Waals surface area contributed by atoms with E-state index in [1.165, 1.54) is 30.3 Å². The quantitative estimate of drug-likeness (QED) is 0.333. The molecule has 2 aromatic carbocycles. The number of carbonyl (C=O) groups excluding carboxylic acids is 2. The van der Waals surface area contributed by atoms with E-state index in [2.05, 4.69) is 4.84 Å². The maximum atomic E-state index is 12.4. The van der Waals surface area contributed by atoms with Crippen LogP contribution < -0.4 is 9.47 Å². The van der Waals surface area contributed by atoms with E-state index >= 15 is 0 Å². The maximum Gasteiger partial charge on any atom is 0.347 e. The van der Waals surface area contributed by atoms with Crippen LogP contribution in [-0.4, -0.2) is 28.1 Å². The first kappa shape index (κ1) is 19.4. The maximum absolute atomic E-state index is 12.4. The summed E-state index contributed by atoms with van der Waals surface area (Å²) < 4.78 is 10.0. The molecule has 0 fully saturated rings. The van der Waals surface area contributed by atoms with Crippen LogP contribution in [-0.2, 0) is 16.2 Å². The Morgan fingerprint density at radius 1 is 1.04 bits per heavy atom. The molecule has 0 aliphatic carbocycles. The van der Waals surface area contributed by atoms with E-state index in [9.17, 15) is 29.6 Å². The van der Waals surface area contributed by atoms with E-state index < -0.39 is 35.2 Å². The summed E-state index contributed by atoms with van der Waals surface area (Å²) in [6.45, 7) is 0.702. The van der Waals surface area contributed by atoms with Crippen molar-refractivity contribution >= 4 is 17.9 Å². The highest BCUT2D eigenvalue weighted by Gasteiger charge is 2.20. The first-order valence-electron chi connectivity index (χ1n) is 7.41. The molecule has 0 unspecified atom stereocenters. The lowest BCUT2D eigenvalue weighted by Crippen LogP contribution is -2.14. The molecule has 0 spiro atoms. The number of aromatic carboxylic acids is 1. The van der Waals surface area contributed by atoms with Crippen LogP contribution in [0.5, 0.6) is 11.5 Å². The third-order valence-corrected chi connectivity index (χ3v) is 3.17. The van der Waals surface area contributed by atoms with E-state index in [1.54, 1.807) is 6.07 Å². The van der Waals surface area contributed by atoms with Crippen LogP contribution in [0.25, 0.3) is 0 Å². The van der Waals surface area contributed by atoms with Crippen molar-refractivity contribution in [2.45, 2.75) is 13.5 Å². The zero-order chi connectivity index (χ0) is 20.0. The van der Waals surface area contributed by atoms with Gasteiger partial charge in [-0.25, -0.2) is 9.59 Å². The molecule has 1 N–H and O–H groups in total. The largest absolute Gasteiger partial charge is 0.478 e. The highest BCUT2D eigenvalue weighted by molar-refractivity contribution is 5.97. The van der Waals surface area contributed by atoms with Gasteiger partial charge in [-0.1, -0.05) is 18.2 Å². The Balaban J connectivity index is 2.28. The zero-order valence-corrected chi connectivity index (χ0v) is 13.9. The zero-order valence-electron chi connectivity index (χ0n) is 13.9. The van der Waals surface area contributed by atoms with E-state index in [-0.39, 0.29) is 22.6 Å². The van der Waals surface area contributed by atoms with E-state index in [0.717, 1.165) is 13.0 Å². The number of ether oxygens (including phenoxy) is 2. The average Bonchev–Trinajstić information content (AvgIpc) is 2.60. The first-order chi connectivity index (χ1) is 12.8. The van der Waals surface area contributed by atoms with Crippen molar-refractivity contribution in [3.63, 3.8) is 0 Å². The number of para-hydroxylation sites is 1. The van der Waals surface area contributed by atoms with Gasteiger partial charge in [0.1, 0.15) is 29.2 Å². The van der Waals surface area contributed by atoms with Gasteiger partial charge in [-0.15, -0.1) is 10.1 Å². The molecular formula is C17H13NO9. The van der Waals surface area contributed by atoms with Crippen LogP contribution in [0.4, 0.5) is 0 Å². The highest BCUT2D eigenvalue weighted by atomic mass is 16.9. The number of hydrogen-bond acceptors (Lipinski definition) is 8. The van der Waals surface area contributed by atoms with Crippen molar-refractivity contribution in [1.29, 1.82) is 0 Å². The number of carbonyl (C=O) groups is 3. The molecule has 140 valence electrons. The molecule has 0 atom stereocenters. The van der Waals surface area contributed by atoms with Crippen LogP contribution >= 0.6 is 0 Å². The van der Waals surface area contributed by atoms with E-state index in [0.29, 0.717) is 0 Å². The molecular weight excluding hydrogens is 362 g/mol. The summed E-state index contributed by atoms with van der Waals surface area (Å²) in [5, 5.41) is 18.5. The van der Waals surface area contributed by atoms with Gasteiger partial charge in [0.25, 0.3) is 5.09 Å². The summed E-state index contributed by atoms with van der Waals surface area (Å²) >= 11 is 0. The predicted molar refractivity (Wildman–Crippen MR) is 87.9 cm³/mol. The average molecular weight is 375 g/mol. The molecule has 0 bridgehead atoms. The topological polar surface area (TPSA) is 142 Å². The number of benzene rings is 2. The Labute approximate surface area is 152 Å². The number of nitrogens with zero attached hydrogens (tertiary/aromatic N) is 1. The fourth-order valence-electron chi connectivity index (χ4n) is 2.08. The third kappa shape index (κ3) is 5.26. The Kier molecular flexibility index (Phi) is 6.05. The Morgan fingerprint density at radius 3 is 2.33 bits per heavy atom. The van der Waals surface area contributed by atoms with Crippen LogP contribution in [0.15, 0.2) is 42.5 Å². The Bertz CT molecular complexity index is 907. The lowest BCUT2D eigenvalue weighted by atomic mass is 10.1. The normalized spacial score (nSPS) is 9.96. The number of hydrogen-bond donors (Lipinski definition) is 1. The predicted octanol–water partition coefficient (Wildman–Crippen LogP) is 2.24. The summed E-state index contributed by atoms with van der Waals surface area (Å²) in [5.41, 5.74) is -0.272. The van der Waals surface area contributed by atoms with Crippen LogP contribution in [0.1, 0.15) is 33.2 Å². The fourth-order valence-corrected chi connectivity index (χ4v) is 2.08. The SMILES string of the molecule is CC(=O)Oc1ccccc1C(=O)Oc1ccc(CO[N+](=O)[O-])cc1C(=O)O. The molecule has 0 aliphatic rings. The first-order valence-corrected chi connectivity index (χ1v) is 7.41. The molecule has 0 heterocycles. The molecule has 10 nitrogen and oxygen atoms in total. The highest BCUT2D eigenvalue weighted by Crippen LogP contribution is 2.25. The van der Waals surface area contributed by atoms with Crippen LogP contribution in [0.2, 0.25) is 0 Å². The van der Waals surface area contributed by atoms with Gasteiger partial charge >= 0.3 is 17.9 Å². The third-order valence-electron chi connectivity index (χ3n) is 3.17. The van der Waals surface area contributed by atoms with Gasteiger partial charge in [0.2, 0.25) is 0 Å². The smallest absolute Gasteiger partial charge is 0.347 e. The van der Waals surface area contributed by atoms with Gasteiger partial charge in [-0.05, 0) is 29.8 Å². The summed E-state index contributed by atoms with van der Waals surface area (Å²) in [5.74, 6) is -3.31. The van der Waals surface area contributed by atoms with Crippen molar-refractivity contribution < 1.29 is 38.9 Å². The van der Waals surface area contributed by atoms with E-state index in [1.807, 2.05) is 0 Å². The number of carboxylic acid groups (broad SMARTS) is 1. The number of esters is 2. The molecule has 0 saturated heterocycles. The van der Waals surface area contributed by atoms with Crippen LogP contribution in [0.3, 0.4) is 0 Å². The monoisotopic (exact) mass is 375 g/mol. The van der Waals surface area contributed by atoms with Gasteiger partial charge < -0.3 is 19.4 Å². The van der Waals surface area contributed by atoms with Crippen molar-refractivity contribution in [3.05, 3.63) is 69.3 Å². The summed E-state index contributed by atoms with van der Waals surface area (Å²) in [6, 6.07) is 9.37. The summed E-state index contributed by atoms with van der Waals surface area (Å²) in [4.78, 5) is 49.3. The molecule has 2 aromatic rings. The molecule has 0 radical (unpaired) electrons. The second kappa shape index (κ2) is 8.43. The summed E-state index contributed by atoms with van der Waals surface area (Å²) in [6.07, 6.45) is 0. The van der Waals surface area contributed by atoms with Crippen molar-refractivity contribution in [1.82, 2.24) is 0 Å². The lowest BCUT2D eigenvalue weighted by Gasteiger charge is -2.11. The van der Waals surface area contributed by atoms with Gasteiger partial charge in [0, 0.05) is 6.92 Å². The van der Waals surface area contributed by atoms with Gasteiger partial charge in [0.05, 0.1) is 0 Å². The number of carboxylic acids is 1. The molecule has 0 aromatic heterocycles. The number of rotatable bonds is 7. The second-order valence-corrected chi connectivity index (χ2v) is 5.11. The molecule has 0 aliphatic heterocycles. The van der Waals surface area contributed by atoms with Crippen molar-refractivity contribution in [2.75, 3.05) is 0 Å². The van der Waals surface area contributed by atoms with Crippen LogP contribution in [0, 0.1) is 10.1 Å². The van der Waals surface area contributed by atoms with Crippen molar-refractivity contribution in [2.24, 2.45) is 0 Å². The second-order valence-electron chi connectivity index (χ2n) is 5.11. The van der Waals surface area contributed by atoms with Gasteiger partial charge in [-0.3, -0.25) is 4.79 Å². The molecule has 0 amide bonds. The van der Waals surface area contributed by atoms with Crippen molar-refractivity contribution in [3.8, 4) is 11.5 Å². The molecule has 0 saturated carbocycles. The minimum atomic E-state index is -1.41. The van der Waals surface area contributed by atoms with Gasteiger partial charge in [0.15, 0.2) is 0 Å².